The second-order valence-corrected chi connectivity index (χ2v) is 8.43. The average molecular weight is 375 g/mol. The zero-order chi connectivity index (χ0) is 19.4. The minimum Gasteiger partial charge on any atom is -0.389 e. The summed E-state index contributed by atoms with van der Waals surface area (Å²) in [4.78, 5) is 0. The molecule has 3 heteroatoms. The van der Waals surface area contributed by atoms with Crippen LogP contribution in [0.1, 0.15) is 81.4 Å². The van der Waals surface area contributed by atoms with Crippen molar-refractivity contribution in [3.63, 3.8) is 0 Å². The Kier molecular flexibility index (Phi) is 6.86. The van der Waals surface area contributed by atoms with Crippen LogP contribution in [0.2, 0.25) is 0 Å². The molecule has 0 bridgehead atoms. The molecule has 0 radical (unpaired) electrons. The van der Waals surface area contributed by atoms with Gasteiger partial charge in [-0.2, -0.15) is 0 Å². The normalized spacial score (nSPS) is 29.5. The van der Waals surface area contributed by atoms with Crippen LogP contribution < -0.4 is 0 Å². The van der Waals surface area contributed by atoms with Gasteiger partial charge < -0.3 is 5.11 Å². The number of aliphatic hydroxyl groups is 1. The van der Waals surface area contributed by atoms with Crippen molar-refractivity contribution in [3.05, 3.63) is 59.7 Å². The zero-order valence-electron chi connectivity index (χ0n) is 16.3. The van der Waals surface area contributed by atoms with E-state index in [0.717, 1.165) is 31.1 Å². The minimum absolute atomic E-state index is 0.0297. The Balaban J connectivity index is 1.61. The zero-order valence-corrected chi connectivity index (χ0v) is 16.3. The van der Waals surface area contributed by atoms with Crippen LogP contribution >= 0.6 is 0 Å². The van der Waals surface area contributed by atoms with Crippen LogP contribution in [0.25, 0.3) is 0 Å². The highest BCUT2D eigenvalue weighted by atomic mass is 19.2. The van der Waals surface area contributed by atoms with Crippen LogP contribution in [-0.4, -0.2) is 5.11 Å². The molecule has 0 aromatic heterocycles. The van der Waals surface area contributed by atoms with E-state index in [9.17, 15) is 13.9 Å². The smallest absolute Gasteiger partial charge is 0.164 e. The predicted octanol–water partition coefficient (Wildman–Crippen LogP) is 6.84. The standard InChI is InChI=1S/C24H32F2O/c1-3-4-5-17-6-8-18(9-7-17)19-10-12-20(13-11-19)22-15-14-21(16(2)27)23(25)24(22)26/h3,10,12,14-20,27H,1,4-9,11,13H2,2H3. The maximum Gasteiger partial charge on any atom is 0.164 e. The van der Waals surface area contributed by atoms with E-state index >= 15 is 0 Å². The van der Waals surface area contributed by atoms with E-state index in [1.54, 1.807) is 6.07 Å². The van der Waals surface area contributed by atoms with E-state index in [1.807, 2.05) is 6.08 Å². The van der Waals surface area contributed by atoms with Crippen molar-refractivity contribution in [1.82, 2.24) is 0 Å². The van der Waals surface area contributed by atoms with Crippen molar-refractivity contribution < 1.29 is 13.9 Å². The maximum atomic E-state index is 14.5. The monoisotopic (exact) mass is 374 g/mol. The Morgan fingerprint density at radius 1 is 1.07 bits per heavy atom. The van der Waals surface area contributed by atoms with Crippen molar-refractivity contribution in [2.45, 2.75) is 70.3 Å². The third kappa shape index (κ3) is 4.68. The molecular formula is C24H32F2O. The molecule has 1 aromatic rings. The molecule has 1 saturated carbocycles. The molecule has 3 unspecified atom stereocenters. The third-order valence-corrected chi connectivity index (χ3v) is 6.67. The number of halogens is 2. The van der Waals surface area contributed by atoms with Crippen LogP contribution in [-0.2, 0) is 0 Å². The van der Waals surface area contributed by atoms with Gasteiger partial charge in [-0.1, -0.05) is 43.2 Å². The lowest BCUT2D eigenvalue weighted by Crippen LogP contribution is -2.23. The fourth-order valence-corrected chi connectivity index (χ4v) is 4.94. The molecule has 3 atom stereocenters. The first-order valence-corrected chi connectivity index (χ1v) is 10.5. The van der Waals surface area contributed by atoms with Gasteiger partial charge in [0.2, 0.25) is 0 Å². The topological polar surface area (TPSA) is 20.2 Å². The Labute approximate surface area is 162 Å². The molecule has 0 heterocycles. The fourth-order valence-electron chi connectivity index (χ4n) is 4.94. The van der Waals surface area contributed by atoms with Gasteiger partial charge in [-0.15, -0.1) is 6.58 Å². The highest BCUT2D eigenvalue weighted by molar-refractivity contribution is 5.33. The molecule has 2 aliphatic rings. The summed E-state index contributed by atoms with van der Waals surface area (Å²) >= 11 is 0. The highest BCUT2D eigenvalue weighted by Gasteiger charge is 2.29. The molecule has 0 spiro atoms. The van der Waals surface area contributed by atoms with Gasteiger partial charge in [0.25, 0.3) is 0 Å². The van der Waals surface area contributed by atoms with Gasteiger partial charge in [0.1, 0.15) is 0 Å². The molecule has 1 nitrogen and oxygen atoms in total. The molecule has 0 amide bonds. The summed E-state index contributed by atoms with van der Waals surface area (Å²) in [6.45, 7) is 5.27. The molecule has 1 fully saturated rings. The number of aliphatic hydroxyl groups excluding tert-OH is 1. The Bertz CT molecular complexity index is 671. The Morgan fingerprint density at radius 3 is 2.41 bits per heavy atom. The van der Waals surface area contributed by atoms with Crippen LogP contribution in [0.5, 0.6) is 0 Å². The fraction of sp³-hybridized carbons (Fsp3) is 0.583. The second-order valence-electron chi connectivity index (χ2n) is 8.43. The molecule has 1 aromatic carbocycles. The van der Waals surface area contributed by atoms with E-state index in [-0.39, 0.29) is 11.5 Å². The van der Waals surface area contributed by atoms with E-state index in [1.165, 1.54) is 45.1 Å². The van der Waals surface area contributed by atoms with Crippen LogP contribution in [0.15, 0.2) is 36.9 Å². The highest BCUT2D eigenvalue weighted by Crippen LogP contribution is 2.42. The summed E-state index contributed by atoms with van der Waals surface area (Å²) < 4.78 is 28.7. The number of hydrogen-bond donors (Lipinski definition) is 1. The first-order chi connectivity index (χ1) is 13.0. The lowest BCUT2D eigenvalue weighted by Gasteiger charge is -2.35. The van der Waals surface area contributed by atoms with Gasteiger partial charge in [0.05, 0.1) is 6.10 Å². The van der Waals surface area contributed by atoms with Gasteiger partial charge >= 0.3 is 0 Å². The number of benzene rings is 1. The van der Waals surface area contributed by atoms with Crippen LogP contribution in [0, 0.1) is 29.4 Å². The van der Waals surface area contributed by atoms with Gasteiger partial charge in [-0.3, -0.25) is 0 Å². The minimum atomic E-state index is -0.999. The quantitative estimate of drug-likeness (QED) is 0.540. The molecule has 27 heavy (non-hydrogen) atoms. The summed E-state index contributed by atoms with van der Waals surface area (Å²) in [5.74, 6) is 0.388. The Morgan fingerprint density at radius 2 is 1.81 bits per heavy atom. The largest absolute Gasteiger partial charge is 0.389 e. The van der Waals surface area contributed by atoms with Crippen LogP contribution in [0.4, 0.5) is 8.78 Å². The molecule has 2 aliphatic carbocycles. The van der Waals surface area contributed by atoms with Gasteiger partial charge in [0.15, 0.2) is 11.6 Å². The molecule has 148 valence electrons. The van der Waals surface area contributed by atoms with E-state index < -0.39 is 17.7 Å². The van der Waals surface area contributed by atoms with E-state index in [0.29, 0.717) is 11.5 Å². The second kappa shape index (κ2) is 9.14. The van der Waals surface area contributed by atoms with Crippen molar-refractivity contribution in [3.8, 4) is 0 Å². The van der Waals surface area contributed by atoms with Crippen LogP contribution in [0.3, 0.4) is 0 Å². The molecule has 0 aliphatic heterocycles. The number of allylic oxidation sites excluding steroid dienone is 3. The van der Waals surface area contributed by atoms with Gasteiger partial charge in [-0.25, -0.2) is 8.78 Å². The first-order valence-electron chi connectivity index (χ1n) is 10.5. The molecule has 3 rings (SSSR count). The van der Waals surface area contributed by atoms with Crippen molar-refractivity contribution >= 4 is 0 Å². The van der Waals surface area contributed by atoms with E-state index in [4.69, 9.17) is 0 Å². The number of hydrogen-bond acceptors (Lipinski definition) is 1. The SMILES string of the molecule is C=CCCC1CCC(C2C=CC(c3ccc(C(C)O)c(F)c3F)CC2)CC1. The summed E-state index contributed by atoms with van der Waals surface area (Å²) in [7, 11) is 0. The Hall–Kier alpha value is -1.48. The lowest BCUT2D eigenvalue weighted by molar-refractivity contribution is 0.192. The summed E-state index contributed by atoms with van der Waals surface area (Å²) in [5, 5.41) is 9.55. The number of rotatable bonds is 6. The first kappa shape index (κ1) is 20.3. The van der Waals surface area contributed by atoms with Crippen molar-refractivity contribution in [2.24, 2.45) is 17.8 Å². The lowest BCUT2D eigenvalue weighted by atomic mass is 9.70. The van der Waals surface area contributed by atoms with Crippen molar-refractivity contribution in [2.75, 3.05) is 0 Å². The summed E-state index contributed by atoms with van der Waals surface area (Å²) in [6, 6.07) is 3.16. The summed E-state index contributed by atoms with van der Waals surface area (Å²) in [5.41, 5.74) is 0.446. The average Bonchev–Trinajstić information content (AvgIpc) is 2.69. The molecule has 0 saturated heterocycles. The molecular weight excluding hydrogens is 342 g/mol. The predicted molar refractivity (Wildman–Crippen MR) is 106 cm³/mol. The molecule has 1 N–H and O–H groups in total. The van der Waals surface area contributed by atoms with E-state index in [2.05, 4.69) is 18.7 Å². The van der Waals surface area contributed by atoms with Gasteiger partial charge in [-0.05, 0) is 68.8 Å². The third-order valence-electron chi connectivity index (χ3n) is 6.67. The maximum absolute atomic E-state index is 14.5. The van der Waals surface area contributed by atoms with Gasteiger partial charge in [0, 0.05) is 11.5 Å². The van der Waals surface area contributed by atoms with Crippen molar-refractivity contribution in [1.29, 1.82) is 0 Å². The summed E-state index contributed by atoms with van der Waals surface area (Å²) in [6.07, 6.45) is 14.8.